The molecule has 0 aliphatic carbocycles. The van der Waals surface area contributed by atoms with Gasteiger partial charge in [0.2, 0.25) is 0 Å². The fourth-order valence-corrected chi connectivity index (χ4v) is 7.29. The van der Waals surface area contributed by atoms with Crippen LogP contribution >= 0.6 is 0 Å². The average Bonchev–Trinajstić information content (AvgIpc) is 3.13. The molecule has 4 rings (SSSR count). The van der Waals surface area contributed by atoms with E-state index in [1.165, 1.54) is 120 Å². The van der Waals surface area contributed by atoms with E-state index in [2.05, 4.69) is 13.8 Å². The number of phenols is 1. The predicted octanol–water partition coefficient (Wildman–Crippen LogP) is 10.9. The summed E-state index contributed by atoms with van der Waals surface area (Å²) in [5, 5.41) is 21.9. The maximum Gasteiger partial charge on any atom is 2.00 e. The smallest absolute Gasteiger partial charge is 0.872 e. The monoisotopic (exact) mass is 850 g/mol. The Kier molecular flexibility index (Phi) is 23.8. The number of unbranched alkanes of at least 4 members (excludes halogenated alkanes) is 14. The molecule has 0 spiro atoms. The van der Waals surface area contributed by atoms with Gasteiger partial charge in [-0.1, -0.05) is 122 Å². The molecule has 0 heterocycles. The molecular weight excluding hydrogens is 793 g/mol. The zero-order valence-electron chi connectivity index (χ0n) is 33.5. The third-order valence-corrected chi connectivity index (χ3v) is 10.9. The molecule has 0 atom stereocenters. The number of rotatable bonds is 24. The van der Waals surface area contributed by atoms with E-state index in [9.17, 15) is 31.6 Å². The Morgan fingerprint density at radius 1 is 0.526 bits per heavy atom. The van der Waals surface area contributed by atoms with Gasteiger partial charge in [-0.2, -0.15) is 8.42 Å². The Balaban J connectivity index is 0.000000387. The van der Waals surface area contributed by atoms with Crippen LogP contribution < -0.4 is 14.6 Å². The van der Waals surface area contributed by atoms with Gasteiger partial charge in [0.1, 0.15) is 38.9 Å². The van der Waals surface area contributed by atoms with E-state index < -0.39 is 20.2 Å². The minimum atomic E-state index is -4.55. The largest absolute Gasteiger partial charge is 2.00 e. The Labute approximate surface area is 370 Å². The van der Waals surface area contributed by atoms with Crippen molar-refractivity contribution >= 4 is 58.0 Å². The molecule has 0 amide bonds. The van der Waals surface area contributed by atoms with Crippen LogP contribution in [-0.4, -0.2) is 68.8 Å². The number of ether oxygens (including phenoxy) is 2. The van der Waals surface area contributed by atoms with Crippen LogP contribution in [0.1, 0.15) is 128 Å². The third kappa shape index (κ3) is 21.1. The normalized spacial score (nSPS) is 11.3. The van der Waals surface area contributed by atoms with Crippen LogP contribution in [0.2, 0.25) is 0 Å². The fraction of sp³-hybridized carbons (Fsp3) is 0.455. The van der Waals surface area contributed by atoms with Crippen molar-refractivity contribution in [2.24, 2.45) is 0 Å². The number of aromatic hydroxyl groups is 1. The summed E-state index contributed by atoms with van der Waals surface area (Å²) in [5.74, 6) is 1.22. The zero-order valence-corrected chi connectivity index (χ0v) is 37.3. The number of phenolic OH excluding ortho intramolecular Hbond substituents is 1. The summed E-state index contributed by atoms with van der Waals surface area (Å²) in [6, 6.07) is 20.8. The summed E-state index contributed by atoms with van der Waals surface area (Å²) in [5.41, 5.74) is 1.88. The van der Waals surface area contributed by atoms with E-state index in [4.69, 9.17) is 14.0 Å². The SMILES string of the molecule is CCCCCCCCCCc1cc(O)cc(Oc2cccc(S(=O)(=O)O)c2)c1.CCCCCCCCCCc1cc([O-])cc(Oc2cccc(S(=O)(=O)[O-])c2)c1.[Ca+2]. The Hall–Kier alpha value is -2.84. The van der Waals surface area contributed by atoms with Crippen molar-refractivity contribution in [3.8, 4) is 34.5 Å². The third-order valence-electron chi connectivity index (χ3n) is 9.20. The first-order chi connectivity index (χ1) is 26.8. The summed E-state index contributed by atoms with van der Waals surface area (Å²) < 4.78 is 76.3. The van der Waals surface area contributed by atoms with Crippen molar-refractivity contribution in [1.29, 1.82) is 0 Å². The van der Waals surface area contributed by atoms with Gasteiger partial charge in [0.05, 0.1) is 9.79 Å². The van der Waals surface area contributed by atoms with E-state index >= 15 is 0 Å². The van der Waals surface area contributed by atoms with E-state index in [1.54, 1.807) is 30.3 Å². The van der Waals surface area contributed by atoms with Crippen molar-refractivity contribution in [1.82, 2.24) is 0 Å². The van der Waals surface area contributed by atoms with Crippen molar-refractivity contribution < 1.29 is 45.6 Å². The molecule has 0 saturated heterocycles. The van der Waals surface area contributed by atoms with Gasteiger partial charge < -0.3 is 24.2 Å². The van der Waals surface area contributed by atoms with Crippen LogP contribution in [0.15, 0.2) is 94.7 Å². The molecule has 57 heavy (non-hydrogen) atoms. The predicted molar refractivity (Wildman–Crippen MR) is 223 cm³/mol. The summed E-state index contributed by atoms with van der Waals surface area (Å²) in [6.45, 7) is 4.43. The molecule has 0 bridgehead atoms. The van der Waals surface area contributed by atoms with Crippen LogP contribution in [0.25, 0.3) is 0 Å². The first kappa shape index (κ1) is 50.3. The molecule has 308 valence electrons. The maximum absolute atomic E-state index is 11.9. The number of hydrogen-bond donors (Lipinski definition) is 2. The second-order valence-electron chi connectivity index (χ2n) is 14.2. The molecule has 10 nitrogen and oxygen atoms in total. The number of hydrogen-bond acceptors (Lipinski definition) is 9. The Bertz CT molecular complexity index is 1840. The van der Waals surface area contributed by atoms with Gasteiger partial charge in [0.25, 0.3) is 10.1 Å². The first-order valence-electron chi connectivity index (χ1n) is 19.9. The summed E-state index contributed by atoms with van der Waals surface area (Å²) in [4.78, 5) is -0.591. The van der Waals surface area contributed by atoms with Gasteiger partial charge in [-0.25, -0.2) is 8.42 Å². The van der Waals surface area contributed by atoms with Crippen LogP contribution in [0, 0.1) is 0 Å². The molecule has 0 fully saturated rings. The van der Waals surface area contributed by atoms with Crippen LogP contribution in [-0.2, 0) is 33.1 Å². The molecule has 2 N–H and O–H groups in total. The number of aryl methyl sites for hydroxylation is 2. The van der Waals surface area contributed by atoms with Gasteiger partial charge >= 0.3 is 37.7 Å². The summed E-state index contributed by atoms with van der Waals surface area (Å²) in [7, 11) is -8.84. The molecule has 0 radical (unpaired) electrons. The van der Waals surface area contributed by atoms with Gasteiger partial charge in [-0.05, 0) is 91.4 Å². The quantitative estimate of drug-likeness (QED) is 0.0392. The Morgan fingerprint density at radius 3 is 1.42 bits per heavy atom. The second kappa shape index (κ2) is 27.0. The van der Waals surface area contributed by atoms with Crippen molar-refractivity contribution in [3.05, 3.63) is 96.1 Å². The Morgan fingerprint density at radius 2 is 0.947 bits per heavy atom. The van der Waals surface area contributed by atoms with Gasteiger partial charge in [0, 0.05) is 12.1 Å². The van der Waals surface area contributed by atoms with Crippen molar-refractivity contribution in [2.45, 2.75) is 139 Å². The molecule has 13 heteroatoms. The van der Waals surface area contributed by atoms with Crippen molar-refractivity contribution in [3.63, 3.8) is 0 Å². The first-order valence-corrected chi connectivity index (χ1v) is 22.7. The number of benzene rings is 4. The molecule has 0 aromatic heterocycles. The molecule has 0 unspecified atom stereocenters. The zero-order chi connectivity index (χ0) is 40.8. The van der Waals surface area contributed by atoms with E-state index in [1.807, 2.05) is 6.07 Å². The average molecular weight is 851 g/mol. The fourth-order valence-electron chi connectivity index (χ4n) is 6.27. The molecular formula is C44H58CaO10S2. The minimum Gasteiger partial charge on any atom is -0.872 e. The summed E-state index contributed by atoms with van der Waals surface area (Å²) in [6.07, 6.45) is 21.4. The van der Waals surface area contributed by atoms with Gasteiger partial charge in [-0.3, -0.25) is 4.55 Å². The van der Waals surface area contributed by atoms with E-state index in [0.29, 0.717) is 11.5 Å². The van der Waals surface area contributed by atoms with E-state index in [0.717, 1.165) is 55.7 Å². The van der Waals surface area contributed by atoms with E-state index in [-0.39, 0.29) is 70.5 Å². The van der Waals surface area contributed by atoms with Crippen LogP contribution in [0.3, 0.4) is 0 Å². The topological polar surface area (TPSA) is 173 Å². The molecule has 0 aliphatic rings. The van der Waals surface area contributed by atoms with Gasteiger partial charge in [0.15, 0.2) is 0 Å². The minimum absolute atomic E-state index is 0. The standard InChI is InChI=1S/2C22H30O5S.Ca/c2*1-2-3-4-5-6-7-8-9-11-18-14-19(23)16-21(15-18)27-20-12-10-13-22(17-20)28(24,25)26;/h2*10,12-17,23H,2-9,11H2,1H3,(H,24,25,26);/q;;+2/p-2. The van der Waals surface area contributed by atoms with Crippen LogP contribution in [0.5, 0.6) is 34.5 Å². The second-order valence-corrected chi connectivity index (χ2v) is 17.0. The molecule has 4 aromatic carbocycles. The maximum atomic E-state index is 11.9. The molecule has 4 aromatic rings. The van der Waals surface area contributed by atoms with Crippen molar-refractivity contribution in [2.75, 3.05) is 0 Å². The molecule has 0 saturated carbocycles. The van der Waals surface area contributed by atoms with Crippen LogP contribution in [0.4, 0.5) is 0 Å². The molecule has 0 aliphatic heterocycles. The van der Waals surface area contributed by atoms with Gasteiger partial charge in [-0.15, -0.1) is 5.75 Å². The summed E-state index contributed by atoms with van der Waals surface area (Å²) >= 11 is 0.